The van der Waals surface area contributed by atoms with Crippen molar-refractivity contribution in [1.82, 2.24) is 0 Å². The fourth-order valence-corrected chi connectivity index (χ4v) is 1.44. The average molecular weight is 273 g/mol. The molecule has 3 nitrogen and oxygen atoms in total. The Morgan fingerprint density at radius 2 is 1.50 bits per heavy atom. The second-order valence-electron chi connectivity index (χ2n) is 3.88. The largest absolute Gasteiger partial charge is 0.491 e. The Kier molecular flexibility index (Phi) is 8.65. The molecule has 0 atom stereocenters. The number of rotatable bonds is 10. The van der Waals surface area contributed by atoms with Gasteiger partial charge in [0.2, 0.25) is 0 Å². The molecular weight excluding hydrogens is 252 g/mol. The summed E-state index contributed by atoms with van der Waals surface area (Å²) >= 11 is 5.77. The third-order valence-electron chi connectivity index (χ3n) is 2.32. The number of halogens is 1. The second kappa shape index (κ2) is 10.2. The van der Waals surface area contributed by atoms with E-state index >= 15 is 0 Å². The monoisotopic (exact) mass is 272 g/mol. The molecular formula is C14H21ClO3. The molecule has 0 N–H and O–H groups in total. The zero-order chi connectivity index (χ0) is 13.1. The van der Waals surface area contributed by atoms with E-state index in [1.54, 1.807) is 12.1 Å². The topological polar surface area (TPSA) is 27.7 Å². The minimum Gasteiger partial charge on any atom is -0.491 e. The summed E-state index contributed by atoms with van der Waals surface area (Å²) in [6, 6.07) is 7.30. The van der Waals surface area contributed by atoms with E-state index in [0.717, 1.165) is 25.2 Å². The van der Waals surface area contributed by atoms with E-state index in [-0.39, 0.29) is 0 Å². The van der Waals surface area contributed by atoms with Gasteiger partial charge in [0.05, 0.1) is 19.8 Å². The van der Waals surface area contributed by atoms with Crippen LogP contribution in [-0.2, 0) is 9.47 Å². The van der Waals surface area contributed by atoms with E-state index in [1.807, 2.05) is 12.1 Å². The van der Waals surface area contributed by atoms with Gasteiger partial charge in [-0.3, -0.25) is 0 Å². The zero-order valence-electron chi connectivity index (χ0n) is 10.9. The molecule has 0 aliphatic heterocycles. The Morgan fingerprint density at radius 3 is 2.17 bits per heavy atom. The maximum absolute atomic E-state index is 5.77. The van der Waals surface area contributed by atoms with Crippen LogP contribution in [0.15, 0.2) is 24.3 Å². The van der Waals surface area contributed by atoms with Crippen molar-refractivity contribution in [1.29, 1.82) is 0 Å². The highest BCUT2D eigenvalue weighted by Gasteiger charge is 1.94. The molecule has 0 spiro atoms. The maximum Gasteiger partial charge on any atom is 0.119 e. The van der Waals surface area contributed by atoms with Crippen molar-refractivity contribution >= 4 is 11.6 Å². The summed E-state index contributed by atoms with van der Waals surface area (Å²) in [5.74, 6) is 0.808. The Labute approximate surface area is 114 Å². The van der Waals surface area contributed by atoms with Crippen molar-refractivity contribution in [2.24, 2.45) is 0 Å². The van der Waals surface area contributed by atoms with Gasteiger partial charge in [-0.2, -0.15) is 0 Å². The predicted octanol–water partition coefficient (Wildman–Crippen LogP) is 3.55. The Balaban J connectivity index is 1.91. The molecule has 0 saturated heterocycles. The lowest BCUT2D eigenvalue weighted by atomic mass is 10.3. The van der Waals surface area contributed by atoms with E-state index in [4.69, 9.17) is 25.8 Å². The quantitative estimate of drug-likeness (QED) is 0.610. The third kappa shape index (κ3) is 7.54. The van der Waals surface area contributed by atoms with Crippen LogP contribution in [0, 0.1) is 0 Å². The van der Waals surface area contributed by atoms with Gasteiger partial charge in [0.1, 0.15) is 12.4 Å². The highest BCUT2D eigenvalue weighted by molar-refractivity contribution is 6.30. The van der Waals surface area contributed by atoms with Crippen LogP contribution in [0.25, 0.3) is 0 Å². The Hall–Kier alpha value is -0.770. The molecule has 0 aliphatic rings. The molecule has 0 unspecified atom stereocenters. The molecule has 4 heteroatoms. The molecule has 102 valence electrons. The fraction of sp³-hybridized carbons (Fsp3) is 0.571. The first-order valence-corrected chi connectivity index (χ1v) is 6.74. The molecule has 1 aromatic rings. The number of hydrogen-bond acceptors (Lipinski definition) is 3. The van der Waals surface area contributed by atoms with Crippen molar-refractivity contribution in [2.75, 3.05) is 33.0 Å². The van der Waals surface area contributed by atoms with Gasteiger partial charge < -0.3 is 14.2 Å². The van der Waals surface area contributed by atoms with Crippen LogP contribution in [0.1, 0.15) is 19.8 Å². The Morgan fingerprint density at radius 1 is 0.889 bits per heavy atom. The smallest absolute Gasteiger partial charge is 0.119 e. The highest BCUT2D eigenvalue weighted by atomic mass is 35.5. The summed E-state index contributed by atoms with van der Waals surface area (Å²) in [5.41, 5.74) is 0. The highest BCUT2D eigenvalue weighted by Crippen LogP contribution is 2.15. The van der Waals surface area contributed by atoms with Gasteiger partial charge in [-0.1, -0.05) is 24.9 Å². The standard InChI is InChI=1S/C14H21ClO3/c1-2-3-8-16-9-10-17-11-12-18-14-6-4-13(15)5-7-14/h4-7H,2-3,8-12H2,1H3. The van der Waals surface area contributed by atoms with Gasteiger partial charge in [-0.25, -0.2) is 0 Å². The molecule has 0 amide bonds. The van der Waals surface area contributed by atoms with Crippen molar-refractivity contribution in [3.8, 4) is 5.75 Å². The normalized spacial score (nSPS) is 10.6. The molecule has 1 aromatic carbocycles. The summed E-state index contributed by atoms with van der Waals surface area (Å²) in [7, 11) is 0. The molecule has 0 aliphatic carbocycles. The summed E-state index contributed by atoms with van der Waals surface area (Å²) in [6.07, 6.45) is 2.27. The Bertz CT molecular complexity index is 300. The summed E-state index contributed by atoms with van der Waals surface area (Å²) in [4.78, 5) is 0. The van der Waals surface area contributed by atoms with E-state index in [9.17, 15) is 0 Å². The van der Waals surface area contributed by atoms with Gasteiger partial charge in [0, 0.05) is 11.6 Å². The molecule has 0 heterocycles. The maximum atomic E-state index is 5.77. The van der Waals surface area contributed by atoms with E-state index < -0.39 is 0 Å². The van der Waals surface area contributed by atoms with Gasteiger partial charge in [0.15, 0.2) is 0 Å². The summed E-state index contributed by atoms with van der Waals surface area (Å²) in [5, 5.41) is 0.711. The lowest BCUT2D eigenvalue weighted by molar-refractivity contribution is 0.0356. The molecule has 0 aromatic heterocycles. The van der Waals surface area contributed by atoms with Crippen molar-refractivity contribution in [3.63, 3.8) is 0 Å². The second-order valence-corrected chi connectivity index (χ2v) is 4.32. The predicted molar refractivity (Wildman–Crippen MR) is 73.5 cm³/mol. The zero-order valence-corrected chi connectivity index (χ0v) is 11.6. The SMILES string of the molecule is CCCCOCCOCCOc1ccc(Cl)cc1. The van der Waals surface area contributed by atoms with Crippen LogP contribution < -0.4 is 4.74 Å². The van der Waals surface area contributed by atoms with Gasteiger partial charge in [-0.15, -0.1) is 0 Å². The summed E-state index contributed by atoms with van der Waals surface area (Å²) < 4.78 is 16.2. The first kappa shape index (κ1) is 15.3. The van der Waals surface area contributed by atoms with Crippen LogP contribution in [0.4, 0.5) is 0 Å². The van der Waals surface area contributed by atoms with Crippen molar-refractivity contribution in [3.05, 3.63) is 29.3 Å². The van der Waals surface area contributed by atoms with Crippen molar-refractivity contribution < 1.29 is 14.2 Å². The number of ether oxygens (including phenoxy) is 3. The van der Waals surface area contributed by atoms with E-state index in [0.29, 0.717) is 31.5 Å². The van der Waals surface area contributed by atoms with Crippen LogP contribution >= 0.6 is 11.6 Å². The van der Waals surface area contributed by atoms with E-state index in [1.165, 1.54) is 0 Å². The van der Waals surface area contributed by atoms with Gasteiger partial charge >= 0.3 is 0 Å². The first-order chi connectivity index (χ1) is 8.83. The van der Waals surface area contributed by atoms with Crippen LogP contribution in [0.3, 0.4) is 0 Å². The third-order valence-corrected chi connectivity index (χ3v) is 2.58. The van der Waals surface area contributed by atoms with Gasteiger partial charge in [-0.05, 0) is 30.7 Å². The fourth-order valence-electron chi connectivity index (χ4n) is 1.32. The summed E-state index contributed by atoms with van der Waals surface area (Å²) in [6.45, 7) is 5.35. The molecule has 0 bridgehead atoms. The number of benzene rings is 1. The minimum atomic E-state index is 0.538. The molecule has 18 heavy (non-hydrogen) atoms. The molecule has 1 rings (SSSR count). The molecule has 0 radical (unpaired) electrons. The van der Waals surface area contributed by atoms with E-state index in [2.05, 4.69) is 6.92 Å². The van der Waals surface area contributed by atoms with Crippen LogP contribution in [0.5, 0.6) is 5.75 Å². The molecule has 0 saturated carbocycles. The minimum absolute atomic E-state index is 0.538. The van der Waals surface area contributed by atoms with Crippen LogP contribution in [-0.4, -0.2) is 33.0 Å². The van der Waals surface area contributed by atoms with Gasteiger partial charge in [0.25, 0.3) is 0 Å². The van der Waals surface area contributed by atoms with Crippen molar-refractivity contribution in [2.45, 2.75) is 19.8 Å². The first-order valence-electron chi connectivity index (χ1n) is 6.36. The number of unbranched alkanes of at least 4 members (excludes halogenated alkanes) is 1. The lowest BCUT2D eigenvalue weighted by Gasteiger charge is -2.07. The molecule has 0 fully saturated rings. The number of hydrogen-bond donors (Lipinski definition) is 0. The lowest BCUT2D eigenvalue weighted by Crippen LogP contribution is -2.11. The van der Waals surface area contributed by atoms with Crippen LogP contribution in [0.2, 0.25) is 5.02 Å². The average Bonchev–Trinajstić information content (AvgIpc) is 2.39.